The zero-order valence-corrected chi connectivity index (χ0v) is 10.3. The summed E-state index contributed by atoms with van der Waals surface area (Å²) in [5, 5.41) is 13.0. The Morgan fingerprint density at radius 1 is 1.65 bits per heavy atom. The van der Waals surface area contributed by atoms with Gasteiger partial charge in [0, 0.05) is 17.5 Å². The van der Waals surface area contributed by atoms with Crippen molar-refractivity contribution in [2.24, 2.45) is 5.11 Å². The molecule has 0 saturated carbocycles. The highest BCUT2D eigenvalue weighted by atomic mass is 16.6. The lowest BCUT2D eigenvalue weighted by Crippen LogP contribution is -2.41. The molecule has 1 heterocycles. The van der Waals surface area contributed by atoms with Crippen LogP contribution < -0.4 is 0 Å². The molecule has 1 rings (SSSR count). The van der Waals surface area contributed by atoms with Gasteiger partial charge >= 0.3 is 6.09 Å². The van der Waals surface area contributed by atoms with Gasteiger partial charge < -0.3 is 14.7 Å². The van der Waals surface area contributed by atoms with Gasteiger partial charge in [0.1, 0.15) is 5.60 Å². The van der Waals surface area contributed by atoms with Crippen molar-refractivity contribution in [1.82, 2.24) is 4.90 Å². The van der Waals surface area contributed by atoms with Gasteiger partial charge in [-0.1, -0.05) is 5.11 Å². The highest BCUT2D eigenvalue weighted by molar-refractivity contribution is 5.69. The second-order valence-corrected chi connectivity index (χ2v) is 5.09. The van der Waals surface area contributed by atoms with Gasteiger partial charge in [0.25, 0.3) is 0 Å². The van der Waals surface area contributed by atoms with E-state index in [0.29, 0.717) is 6.42 Å². The number of carbonyl (C=O) groups excluding carboxylic acids is 1. The van der Waals surface area contributed by atoms with Gasteiger partial charge in [0.05, 0.1) is 12.6 Å². The lowest BCUT2D eigenvalue weighted by molar-refractivity contribution is 0.0214. The van der Waals surface area contributed by atoms with Gasteiger partial charge in [-0.2, -0.15) is 0 Å². The average molecular weight is 242 g/mol. The van der Waals surface area contributed by atoms with Gasteiger partial charge in [0.2, 0.25) is 0 Å². The predicted molar refractivity (Wildman–Crippen MR) is 61.4 cm³/mol. The summed E-state index contributed by atoms with van der Waals surface area (Å²) >= 11 is 0. The summed E-state index contributed by atoms with van der Waals surface area (Å²) in [4.78, 5) is 15.9. The fourth-order valence-electron chi connectivity index (χ4n) is 1.74. The maximum Gasteiger partial charge on any atom is 0.410 e. The van der Waals surface area contributed by atoms with Gasteiger partial charge in [0.15, 0.2) is 0 Å². The van der Waals surface area contributed by atoms with Crippen molar-refractivity contribution in [3.8, 4) is 0 Å². The highest BCUT2D eigenvalue weighted by Crippen LogP contribution is 2.21. The van der Waals surface area contributed by atoms with Crippen LogP contribution in [-0.4, -0.2) is 46.9 Å². The molecule has 17 heavy (non-hydrogen) atoms. The fraction of sp³-hybridized carbons (Fsp3) is 0.900. The molecule has 1 fully saturated rings. The van der Waals surface area contributed by atoms with Crippen LogP contribution in [0.2, 0.25) is 0 Å². The molecule has 2 atom stereocenters. The van der Waals surface area contributed by atoms with Crippen LogP contribution in [0.15, 0.2) is 5.11 Å². The Labute approximate surface area is 100.0 Å². The van der Waals surface area contributed by atoms with E-state index in [1.165, 1.54) is 4.90 Å². The van der Waals surface area contributed by atoms with Crippen LogP contribution in [-0.2, 0) is 4.74 Å². The van der Waals surface area contributed by atoms with E-state index < -0.39 is 17.8 Å². The van der Waals surface area contributed by atoms with E-state index in [-0.39, 0.29) is 19.1 Å². The minimum atomic E-state index is -0.582. The molecule has 7 nitrogen and oxygen atoms in total. The Morgan fingerprint density at radius 2 is 2.29 bits per heavy atom. The molecule has 0 aromatic heterocycles. The standard InChI is InChI=1S/C10H18N4O3/c1-10(2,3)17-9(16)14-6-8(15)4-7(14)5-12-13-11/h7-8,15H,4-6H2,1-3H3/t7-,8-/m0/s1. The smallest absolute Gasteiger partial charge is 0.410 e. The monoisotopic (exact) mass is 242 g/mol. The molecule has 0 aromatic rings. The Kier molecular flexibility index (Phi) is 4.20. The summed E-state index contributed by atoms with van der Waals surface area (Å²) in [5.74, 6) is 0. The second kappa shape index (κ2) is 5.25. The van der Waals surface area contributed by atoms with E-state index in [2.05, 4.69) is 10.0 Å². The summed E-state index contributed by atoms with van der Waals surface area (Å²) in [6.07, 6.45) is -0.647. The topological polar surface area (TPSA) is 98.5 Å². The third-order valence-corrected chi connectivity index (χ3v) is 2.38. The number of carbonyl (C=O) groups is 1. The number of rotatable bonds is 2. The molecule has 0 aliphatic carbocycles. The maximum absolute atomic E-state index is 11.8. The first-order valence-corrected chi connectivity index (χ1v) is 5.52. The van der Waals surface area contributed by atoms with Crippen molar-refractivity contribution in [2.45, 2.75) is 44.9 Å². The van der Waals surface area contributed by atoms with Gasteiger partial charge in [-0.3, -0.25) is 0 Å². The van der Waals surface area contributed by atoms with Crippen molar-refractivity contribution >= 4 is 6.09 Å². The zero-order valence-electron chi connectivity index (χ0n) is 10.3. The Morgan fingerprint density at radius 3 is 2.82 bits per heavy atom. The molecule has 1 aliphatic heterocycles. The first kappa shape index (κ1) is 13.6. The van der Waals surface area contributed by atoms with E-state index in [9.17, 15) is 9.90 Å². The highest BCUT2D eigenvalue weighted by Gasteiger charge is 2.36. The van der Waals surface area contributed by atoms with Crippen LogP contribution in [0.5, 0.6) is 0 Å². The molecular formula is C10H18N4O3. The molecule has 96 valence electrons. The normalized spacial score (nSPS) is 24.4. The Balaban J connectivity index is 2.66. The van der Waals surface area contributed by atoms with E-state index in [1.807, 2.05) is 0 Å². The van der Waals surface area contributed by atoms with Gasteiger partial charge in [-0.15, -0.1) is 0 Å². The number of hydrogen-bond donors (Lipinski definition) is 1. The number of aliphatic hydroxyl groups excluding tert-OH is 1. The summed E-state index contributed by atoms with van der Waals surface area (Å²) < 4.78 is 5.22. The fourth-order valence-corrected chi connectivity index (χ4v) is 1.74. The van der Waals surface area contributed by atoms with Gasteiger partial charge in [-0.25, -0.2) is 4.79 Å². The average Bonchev–Trinajstić information content (AvgIpc) is 2.54. The molecule has 1 amide bonds. The molecule has 7 heteroatoms. The SMILES string of the molecule is CC(C)(C)OC(=O)N1C[C@@H](O)C[C@H]1CN=[N+]=[N-]. The molecule has 1 aliphatic rings. The van der Waals surface area contributed by atoms with Crippen LogP contribution >= 0.6 is 0 Å². The third-order valence-electron chi connectivity index (χ3n) is 2.38. The molecule has 0 spiro atoms. The minimum absolute atomic E-state index is 0.160. The van der Waals surface area contributed by atoms with Crippen molar-refractivity contribution < 1.29 is 14.6 Å². The third kappa shape index (κ3) is 4.13. The number of hydrogen-bond acceptors (Lipinski definition) is 4. The Bertz CT molecular complexity index is 333. The first-order chi connectivity index (χ1) is 7.83. The van der Waals surface area contributed by atoms with Crippen molar-refractivity contribution in [3.63, 3.8) is 0 Å². The van der Waals surface area contributed by atoms with Crippen LogP contribution in [0, 0.1) is 0 Å². The predicted octanol–water partition coefficient (Wildman–Crippen LogP) is 1.67. The number of likely N-dealkylation sites (tertiary alicyclic amines) is 1. The lowest BCUT2D eigenvalue weighted by atomic mass is 10.2. The molecule has 0 aromatic carbocycles. The molecule has 0 radical (unpaired) electrons. The number of β-amino-alcohol motifs (C(OH)–C–C–N with tert-alkyl or cyclic N) is 1. The summed E-state index contributed by atoms with van der Waals surface area (Å²) in [5.41, 5.74) is 7.69. The minimum Gasteiger partial charge on any atom is -0.444 e. The van der Waals surface area contributed by atoms with E-state index in [4.69, 9.17) is 10.3 Å². The quantitative estimate of drug-likeness (QED) is 0.453. The van der Waals surface area contributed by atoms with Crippen LogP contribution in [0.25, 0.3) is 10.4 Å². The zero-order chi connectivity index (χ0) is 13.1. The largest absolute Gasteiger partial charge is 0.444 e. The maximum atomic E-state index is 11.8. The lowest BCUT2D eigenvalue weighted by Gasteiger charge is -2.27. The number of azide groups is 1. The molecule has 0 bridgehead atoms. The van der Waals surface area contributed by atoms with Crippen molar-refractivity contribution in [1.29, 1.82) is 0 Å². The number of nitrogens with zero attached hydrogens (tertiary/aromatic N) is 4. The Hall–Kier alpha value is -1.46. The van der Waals surface area contributed by atoms with E-state index in [0.717, 1.165) is 0 Å². The summed E-state index contributed by atoms with van der Waals surface area (Å²) in [6, 6.07) is -0.282. The van der Waals surface area contributed by atoms with Crippen LogP contribution in [0.3, 0.4) is 0 Å². The molecule has 0 unspecified atom stereocenters. The number of ether oxygens (including phenoxy) is 1. The van der Waals surface area contributed by atoms with E-state index >= 15 is 0 Å². The molecule has 1 N–H and O–H groups in total. The first-order valence-electron chi connectivity index (χ1n) is 5.52. The summed E-state index contributed by atoms with van der Waals surface area (Å²) in [6.45, 7) is 5.72. The summed E-state index contributed by atoms with van der Waals surface area (Å²) in [7, 11) is 0. The second-order valence-electron chi connectivity index (χ2n) is 5.09. The van der Waals surface area contributed by atoms with E-state index in [1.54, 1.807) is 20.8 Å². The number of aliphatic hydroxyl groups is 1. The van der Waals surface area contributed by atoms with Crippen molar-refractivity contribution in [2.75, 3.05) is 13.1 Å². The molecule has 1 saturated heterocycles. The van der Waals surface area contributed by atoms with Crippen LogP contribution in [0.4, 0.5) is 4.79 Å². The van der Waals surface area contributed by atoms with Crippen LogP contribution in [0.1, 0.15) is 27.2 Å². The number of amides is 1. The molecular weight excluding hydrogens is 224 g/mol. The van der Waals surface area contributed by atoms with Crippen molar-refractivity contribution in [3.05, 3.63) is 10.4 Å². The van der Waals surface area contributed by atoms with Gasteiger partial charge in [-0.05, 0) is 32.7 Å².